The first-order valence-electron chi connectivity index (χ1n) is 12.6. The molecule has 0 saturated carbocycles. The van der Waals surface area contributed by atoms with Crippen LogP contribution in [0.1, 0.15) is 46.4 Å². The van der Waals surface area contributed by atoms with E-state index < -0.39 is 28.8 Å². The average Bonchev–Trinajstić information content (AvgIpc) is 2.92. The summed E-state index contributed by atoms with van der Waals surface area (Å²) in [5.74, 6) is -1.88. The molecular weight excluding hydrogens is 515 g/mol. The van der Waals surface area contributed by atoms with Crippen LogP contribution in [0.15, 0.2) is 35.3 Å². The van der Waals surface area contributed by atoms with Crippen molar-refractivity contribution in [3.8, 4) is 0 Å². The number of aromatic nitrogens is 1. The van der Waals surface area contributed by atoms with Crippen LogP contribution >= 0.6 is 11.6 Å². The molecule has 0 amide bonds. The third-order valence-electron chi connectivity index (χ3n) is 7.07. The second-order valence-electron chi connectivity index (χ2n) is 9.37. The van der Waals surface area contributed by atoms with Gasteiger partial charge in [-0.05, 0) is 53.8 Å². The molecule has 1 atom stereocenters. The second kappa shape index (κ2) is 12.3. The molecule has 204 valence electrons. The molecule has 3 aromatic rings. The highest BCUT2D eigenvalue weighted by atomic mass is 35.5. The summed E-state index contributed by atoms with van der Waals surface area (Å²) in [5, 5.41) is 20.0. The van der Waals surface area contributed by atoms with E-state index in [4.69, 9.17) is 21.1 Å². The van der Waals surface area contributed by atoms with Crippen LogP contribution in [0.5, 0.6) is 0 Å². The number of aliphatic hydroxyl groups is 1. The second-order valence-corrected chi connectivity index (χ2v) is 9.78. The molecule has 2 N–H and O–H groups in total. The monoisotopic (exact) mass is 546 g/mol. The Balaban J connectivity index is 1.86. The summed E-state index contributed by atoms with van der Waals surface area (Å²) >= 11 is 6.28. The highest BCUT2D eigenvalue weighted by molar-refractivity contribution is 6.31. The first-order chi connectivity index (χ1) is 18.3. The molecule has 8 nitrogen and oxygen atoms in total. The van der Waals surface area contributed by atoms with Crippen molar-refractivity contribution in [2.24, 2.45) is 0 Å². The average molecular weight is 547 g/mol. The summed E-state index contributed by atoms with van der Waals surface area (Å²) in [7, 11) is 1.54. The van der Waals surface area contributed by atoms with Gasteiger partial charge in [0.15, 0.2) is 0 Å². The van der Waals surface area contributed by atoms with E-state index in [1.54, 1.807) is 29.9 Å². The Kier molecular flexibility index (Phi) is 9.04. The fourth-order valence-electron chi connectivity index (χ4n) is 4.97. The Labute approximate surface area is 225 Å². The summed E-state index contributed by atoms with van der Waals surface area (Å²) in [4.78, 5) is 27.3. The lowest BCUT2D eigenvalue weighted by Crippen LogP contribution is -2.36. The van der Waals surface area contributed by atoms with Crippen LogP contribution in [0, 0.1) is 5.82 Å². The van der Waals surface area contributed by atoms with Gasteiger partial charge in [0.05, 0.1) is 36.4 Å². The topological polar surface area (TPSA) is 101 Å². The number of methoxy groups -OCH3 is 1. The lowest BCUT2D eigenvalue weighted by atomic mass is 9.94. The molecule has 1 aromatic heterocycles. The number of benzene rings is 2. The zero-order valence-electron chi connectivity index (χ0n) is 21.5. The molecule has 0 aliphatic carbocycles. The van der Waals surface area contributed by atoms with E-state index in [1.807, 2.05) is 13.0 Å². The molecule has 1 fully saturated rings. The predicted molar refractivity (Wildman–Crippen MR) is 144 cm³/mol. The maximum atomic E-state index is 15.2. The van der Waals surface area contributed by atoms with Crippen molar-refractivity contribution in [1.82, 2.24) is 4.57 Å². The summed E-state index contributed by atoms with van der Waals surface area (Å²) in [6.07, 6.45) is 2.48. The largest absolute Gasteiger partial charge is 0.477 e. The van der Waals surface area contributed by atoms with Crippen LogP contribution in [0.2, 0.25) is 5.02 Å². The number of hydrogen-bond acceptors (Lipinski definition) is 6. The zero-order chi connectivity index (χ0) is 27.4. The SMILES string of the molecule is CCc1cc2c(cc1Cc1cc(N3CCOCC3)cc(Cl)c1F)c(=O)c(C(=O)O)cn2[C@H](CO)CCOC. The minimum Gasteiger partial charge on any atom is -0.477 e. The van der Waals surface area contributed by atoms with Gasteiger partial charge >= 0.3 is 5.97 Å². The third-order valence-corrected chi connectivity index (χ3v) is 7.34. The van der Waals surface area contributed by atoms with Gasteiger partial charge in [-0.2, -0.15) is 0 Å². The first kappa shape index (κ1) is 28.0. The molecule has 1 aliphatic rings. The van der Waals surface area contributed by atoms with Gasteiger partial charge in [0, 0.05) is 50.5 Å². The number of carboxylic acid groups (broad SMARTS) is 1. The van der Waals surface area contributed by atoms with Crippen LogP contribution < -0.4 is 10.3 Å². The number of carbonyl (C=O) groups is 1. The molecular formula is C28H32ClFN2O6. The van der Waals surface area contributed by atoms with Crippen LogP contribution in [0.3, 0.4) is 0 Å². The Morgan fingerprint density at radius 1 is 1.18 bits per heavy atom. The lowest BCUT2D eigenvalue weighted by Gasteiger charge is -2.29. The van der Waals surface area contributed by atoms with E-state index in [1.165, 1.54) is 6.20 Å². The number of rotatable bonds is 10. The number of halogens is 2. The van der Waals surface area contributed by atoms with Crippen LogP contribution in [0.25, 0.3) is 10.9 Å². The van der Waals surface area contributed by atoms with Gasteiger partial charge in [0.25, 0.3) is 0 Å². The van der Waals surface area contributed by atoms with Crippen molar-refractivity contribution >= 4 is 34.2 Å². The van der Waals surface area contributed by atoms with E-state index in [-0.39, 0.29) is 23.4 Å². The van der Waals surface area contributed by atoms with E-state index in [0.29, 0.717) is 62.4 Å². The first-order valence-corrected chi connectivity index (χ1v) is 13.0. The number of morpholine rings is 1. The Morgan fingerprint density at radius 3 is 2.55 bits per heavy atom. The van der Waals surface area contributed by atoms with Gasteiger partial charge in [0.1, 0.15) is 11.4 Å². The molecule has 1 saturated heterocycles. The molecule has 0 unspecified atom stereocenters. The smallest absolute Gasteiger partial charge is 0.341 e. The Bertz CT molecular complexity index is 1390. The van der Waals surface area contributed by atoms with Crippen LogP contribution in [0.4, 0.5) is 10.1 Å². The normalized spacial score (nSPS) is 14.7. The molecule has 2 aromatic carbocycles. The molecule has 1 aliphatic heterocycles. The minimum absolute atomic E-state index is 0.0160. The van der Waals surface area contributed by atoms with Crippen molar-refractivity contribution in [2.45, 2.75) is 32.2 Å². The highest BCUT2D eigenvalue weighted by Gasteiger charge is 2.22. The van der Waals surface area contributed by atoms with Gasteiger partial charge in [-0.1, -0.05) is 18.5 Å². The van der Waals surface area contributed by atoms with Gasteiger partial charge in [-0.3, -0.25) is 4.79 Å². The van der Waals surface area contributed by atoms with E-state index in [0.717, 1.165) is 11.3 Å². The van der Waals surface area contributed by atoms with Gasteiger partial charge < -0.3 is 29.2 Å². The number of ether oxygens (including phenoxy) is 2. The fraction of sp³-hybridized carbons (Fsp3) is 0.429. The summed E-state index contributed by atoms with van der Waals surface area (Å²) < 4.78 is 27.4. The molecule has 2 heterocycles. The molecule has 0 spiro atoms. The Morgan fingerprint density at radius 2 is 1.92 bits per heavy atom. The number of aliphatic hydroxyl groups excluding tert-OH is 1. The molecule has 4 rings (SSSR count). The van der Waals surface area contributed by atoms with Crippen molar-refractivity contribution in [3.63, 3.8) is 0 Å². The van der Waals surface area contributed by atoms with Gasteiger partial charge in [-0.25, -0.2) is 9.18 Å². The Hall–Kier alpha value is -2.98. The number of carboxylic acids is 1. The fourth-order valence-corrected chi connectivity index (χ4v) is 5.21. The minimum atomic E-state index is -1.36. The summed E-state index contributed by atoms with van der Waals surface area (Å²) in [6, 6.07) is 6.37. The van der Waals surface area contributed by atoms with E-state index >= 15 is 4.39 Å². The third kappa shape index (κ3) is 5.71. The quantitative estimate of drug-likeness (QED) is 0.395. The van der Waals surface area contributed by atoms with Crippen molar-refractivity contribution in [1.29, 1.82) is 0 Å². The molecule has 38 heavy (non-hydrogen) atoms. The lowest BCUT2D eigenvalue weighted by molar-refractivity contribution is 0.0694. The summed E-state index contributed by atoms with van der Waals surface area (Å²) in [5.41, 5.74) is 2.26. The standard InChI is InChI=1S/C28H32ClFN2O6/c1-3-17-13-25-22(27(34)23(28(35)36)15-32(25)20(16-33)4-7-37-2)12-18(17)10-19-11-21(14-24(29)26(19)30)31-5-8-38-9-6-31/h11-15,20,33H,3-10,16H2,1-2H3,(H,35,36)/t20-/m0/s1. The van der Waals surface area contributed by atoms with Crippen LogP contribution in [-0.4, -0.2) is 67.4 Å². The summed E-state index contributed by atoms with van der Waals surface area (Å²) in [6.45, 7) is 4.54. The van der Waals surface area contributed by atoms with E-state index in [2.05, 4.69) is 4.90 Å². The number of aromatic carboxylic acids is 1. The number of pyridine rings is 1. The molecule has 0 radical (unpaired) electrons. The van der Waals surface area contributed by atoms with Crippen molar-refractivity contribution in [2.75, 3.05) is 51.5 Å². The number of nitrogens with zero attached hydrogens (tertiary/aromatic N) is 2. The number of aryl methyl sites for hydroxylation is 1. The maximum Gasteiger partial charge on any atom is 0.341 e. The number of hydrogen-bond donors (Lipinski definition) is 2. The van der Waals surface area contributed by atoms with E-state index in [9.17, 15) is 19.8 Å². The highest BCUT2D eigenvalue weighted by Crippen LogP contribution is 2.31. The predicted octanol–water partition coefficient (Wildman–Crippen LogP) is 4.05. The molecule has 10 heteroatoms. The number of anilines is 1. The van der Waals surface area contributed by atoms with Gasteiger partial charge in [-0.15, -0.1) is 0 Å². The van der Waals surface area contributed by atoms with Crippen molar-refractivity contribution < 1.29 is 28.9 Å². The zero-order valence-corrected chi connectivity index (χ0v) is 22.3. The molecule has 0 bridgehead atoms. The van der Waals surface area contributed by atoms with Crippen molar-refractivity contribution in [3.05, 3.63) is 73.8 Å². The van der Waals surface area contributed by atoms with Gasteiger partial charge in [0.2, 0.25) is 5.43 Å². The maximum absolute atomic E-state index is 15.2. The number of fused-ring (bicyclic) bond motifs is 1. The van der Waals surface area contributed by atoms with Crippen LogP contribution in [-0.2, 0) is 22.3 Å².